The number of nitrogens with zero attached hydrogens (tertiary/aromatic N) is 1. The van der Waals surface area contributed by atoms with Crippen LogP contribution in [-0.4, -0.2) is 14.2 Å². The Balaban J connectivity index is 1.80. The number of rotatable bonds is 5. The molecule has 0 amide bonds. The van der Waals surface area contributed by atoms with Gasteiger partial charge in [0, 0.05) is 11.1 Å². The predicted molar refractivity (Wildman–Crippen MR) is 95.2 cm³/mol. The van der Waals surface area contributed by atoms with E-state index < -0.39 is 15.9 Å². The van der Waals surface area contributed by atoms with E-state index in [1.165, 1.54) is 72.8 Å². The largest absolute Gasteiger partial charge is 0.379 e. The Bertz CT molecular complexity index is 1130. The zero-order valence-corrected chi connectivity index (χ0v) is 14.6. The molecule has 0 spiro atoms. The first-order valence-corrected chi connectivity index (χ1v) is 9.15. The standard InChI is InChI=1S/C20H12FNO4S/c21-17-8-4-15(5-9-17)20(23)16-6-10-18(11-7-16)26-27(24,25)19-3-1-2-14(12-19)13-22/h1-12H. The van der Waals surface area contributed by atoms with Gasteiger partial charge < -0.3 is 4.18 Å². The number of halogens is 1. The van der Waals surface area contributed by atoms with E-state index in [1.807, 2.05) is 6.07 Å². The first kappa shape index (κ1) is 18.3. The summed E-state index contributed by atoms with van der Waals surface area (Å²) in [6.07, 6.45) is 0. The summed E-state index contributed by atoms with van der Waals surface area (Å²) in [6.45, 7) is 0. The average Bonchev–Trinajstić information content (AvgIpc) is 2.68. The number of nitriles is 1. The van der Waals surface area contributed by atoms with Crippen LogP contribution in [0.2, 0.25) is 0 Å². The topological polar surface area (TPSA) is 84.2 Å². The molecule has 0 bridgehead atoms. The van der Waals surface area contributed by atoms with E-state index in [4.69, 9.17) is 9.44 Å². The van der Waals surface area contributed by atoms with Crippen molar-refractivity contribution in [3.63, 3.8) is 0 Å². The smallest absolute Gasteiger partial charge is 0.339 e. The van der Waals surface area contributed by atoms with Crippen LogP contribution < -0.4 is 4.18 Å². The van der Waals surface area contributed by atoms with Crippen molar-refractivity contribution in [3.05, 3.63) is 95.3 Å². The lowest BCUT2D eigenvalue weighted by atomic mass is 10.0. The summed E-state index contributed by atoms with van der Waals surface area (Å²) in [5.41, 5.74) is 0.809. The highest BCUT2D eigenvalue weighted by atomic mass is 32.2. The Morgan fingerprint density at radius 3 is 2.11 bits per heavy atom. The van der Waals surface area contributed by atoms with E-state index in [0.29, 0.717) is 11.1 Å². The molecule has 3 aromatic rings. The molecule has 0 aliphatic heterocycles. The van der Waals surface area contributed by atoms with Crippen LogP contribution in [0.3, 0.4) is 0 Å². The molecule has 5 nitrogen and oxygen atoms in total. The third-order valence-electron chi connectivity index (χ3n) is 3.68. The Kier molecular flexibility index (Phi) is 5.01. The Hall–Kier alpha value is -3.50. The van der Waals surface area contributed by atoms with Crippen molar-refractivity contribution in [1.29, 1.82) is 5.26 Å². The van der Waals surface area contributed by atoms with Crippen LogP contribution in [0.4, 0.5) is 4.39 Å². The molecule has 3 aromatic carbocycles. The zero-order chi connectivity index (χ0) is 19.4. The van der Waals surface area contributed by atoms with Crippen LogP contribution in [0.15, 0.2) is 77.7 Å². The zero-order valence-electron chi connectivity index (χ0n) is 13.8. The van der Waals surface area contributed by atoms with E-state index in [-0.39, 0.29) is 22.0 Å². The van der Waals surface area contributed by atoms with E-state index in [9.17, 15) is 17.6 Å². The Morgan fingerprint density at radius 2 is 1.52 bits per heavy atom. The molecule has 0 radical (unpaired) electrons. The van der Waals surface area contributed by atoms with E-state index in [1.54, 1.807) is 0 Å². The second-order valence-electron chi connectivity index (χ2n) is 5.54. The van der Waals surface area contributed by atoms with Crippen molar-refractivity contribution in [2.24, 2.45) is 0 Å². The minimum absolute atomic E-state index is 0.0213. The summed E-state index contributed by atoms with van der Waals surface area (Å²) in [6, 6.07) is 18.0. The van der Waals surface area contributed by atoms with Gasteiger partial charge in [-0.05, 0) is 66.7 Å². The fourth-order valence-corrected chi connectivity index (χ4v) is 3.30. The normalized spacial score (nSPS) is 10.8. The van der Waals surface area contributed by atoms with Gasteiger partial charge in [0.1, 0.15) is 16.5 Å². The van der Waals surface area contributed by atoms with Crippen LogP contribution in [0.25, 0.3) is 0 Å². The SMILES string of the molecule is N#Cc1cccc(S(=O)(=O)Oc2ccc(C(=O)c3ccc(F)cc3)cc2)c1. The van der Waals surface area contributed by atoms with Gasteiger partial charge in [-0.2, -0.15) is 13.7 Å². The van der Waals surface area contributed by atoms with E-state index >= 15 is 0 Å². The molecule has 134 valence electrons. The lowest BCUT2D eigenvalue weighted by molar-refractivity contribution is 0.103. The van der Waals surface area contributed by atoms with Crippen molar-refractivity contribution < 1.29 is 21.8 Å². The van der Waals surface area contributed by atoms with E-state index in [0.717, 1.165) is 0 Å². The molecule has 0 heterocycles. The summed E-state index contributed by atoms with van der Waals surface area (Å²) >= 11 is 0. The van der Waals surface area contributed by atoms with Crippen LogP contribution in [-0.2, 0) is 10.1 Å². The number of carbonyl (C=O) groups excluding carboxylic acids is 1. The highest BCUT2D eigenvalue weighted by Gasteiger charge is 2.18. The van der Waals surface area contributed by atoms with Gasteiger partial charge in [-0.25, -0.2) is 4.39 Å². The molecule has 0 aromatic heterocycles. The Labute approximate surface area is 155 Å². The maximum Gasteiger partial charge on any atom is 0.339 e. The third kappa shape index (κ3) is 4.19. The molecule has 0 saturated heterocycles. The quantitative estimate of drug-likeness (QED) is 0.497. The van der Waals surface area contributed by atoms with Gasteiger partial charge in [-0.3, -0.25) is 4.79 Å². The van der Waals surface area contributed by atoms with Crippen molar-refractivity contribution >= 4 is 15.9 Å². The van der Waals surface area contributed by atoms with Gasteiger partial charge in [0.05, 0.1) is 11.6 Å². The lowest BCUT2D eigenvalue weighted by Crippen LogP contribution is -2.10. The van der Waals surface area contributed by atoms with Gasteiger partial charge >= 0.3 is 10.1 Å². The van der Waals surface area contributed by atoms with Gasteiger partial charge in [-0.15, -0.1) is 0 Å². The fourth-order valence-electron chi connectivity index (χ4n) is 2.33. The molecule has 0 aliphatic rings. The maximum atomic E-state index is 12.9. The number of hydrogen-bond donors (Lipinski definition) is 0. The molecular weight excluding hydrogens is 369 g/mol. The predicted octanol–water partition coefficient (Wildman–Crippen LogP) is 3.70. The molecule has 0 N–H and O–H groups in total. The molecule has 0 aliphatic carbocycles. The van der Waals surface area contributed by atoms with Crippen molar-refractivity contribution in [3.8, 4) is 11.8 Å². The molecular formula is C20H12FNO4S. The second-order valence-corrected chi connectivity index (χ2v) is 7.08. The first-order valence-electron chi connectivity index (χ1n) is 7.74. The first-order chi connectivity index (χ1) is 12.9. The lowest BCUT2D eigenvalue weighted by Gasteiger charge is -2.08. The molecule has 27 heavy (non-hydrogen) atoms. The van der Waals surface area contributed by atoms with Gasteiger partial charge in [0.25, 0.3) is 0 Å². The third-order valence-corrected chi connectivity index (χ3v) is 4.92. The Morgan fingerprint density at radius 1 is 0.926 bits per heavy atom. The van der Waals surface area contributed by atoms with Crippen molar-refractivity contribution in [1.82, 2.24) is 0 Å². The van der Waals surface area contributed by atoms with Crippen LogP contribution >= 0.6 is 0 Å². The highest BCUT2D eigenvalue weighted by Crippen LogP contribution is 2.21. The molecule has 0 saturated carbocycles. The minimum atomic E-state index is -4.11. The number of hydrogen-bond acceptors (Lipinski definition) is 5. The fraction of sp³-hybridized carbons (Fsp3) is 0. The highest BCUT2D eigenvalue weighted by molar-refractivity contribution is 7.87. The summed E-state index contributed by atoms with van der Waals surface area (Å²) in [7, 11) is -4.11. The summed E-state index contributed by atoms with van der Waals surface area (Å²) in [4.78, 5) is 12.2. The van der Waals surface area contributed by atoms with Gasteiger partial charge in [0.15, 0.2) is 5.78 Å². The van der Waals surface area contributed by atoms with Gasteiger partial charge in [0.2, 0.25) is 0 Å². The minimum Gasteiger partial charge on any atom is -0.379 e. The summed E-state index contributed by atoms with van der Waals surface area (Å²) in [5.74, 6) is -0.750. The van der Waals surface area contributed by atoms with Crippen LogP contribution in [0, 0.1) is 17.1 Å². The summed E-state index contributed by atoms with van der Waals surface area (Å²) in [5, 5.41) is 8.87. The summed E-state index contributed by atoms with van der Waals surface area (Å²) < 4.78 is 42.6. The number of ketones is 1. The molecule has 0 unspecified atom stereocenters. The molecule has 3 rings (SSSR count). The van der Waals surface area contributed by atoms with Crippen LogP contribution in [0.5, 0.6) is 5.75 Å². The average molecular weight is 381 g/mol. The van der Waals surface area contributed by atoms with E-state index in [2.05, 4.69) is 0 Å². The molecule has 0 atom stereocenters. The van der Waals surface area contributed by atoms with Crippen molar-refractivity contribution in [2.45, 2.75) is 4.90 Å². The van der Waals surface area contributed by atoms with Gasteiger partial charge in [-0.1, -0.05) is 6.07 Å². The molecule has 0 fully saturated rings. The van der Waals surface area contributed by atoms with Crippen LogP contribution in [0.1, 0.15) is 21.5 Å². The monoisotopic (exact) mass is 381 g/mol. The number of benzene rings is 3. The molecule has 7 heteroatoms. The maximum absolute atomic E-state index is 12.9. The number of carbonyl (C=O) groups is 1. The van der Waals surface area contributed by atoms with Crippen molar-refractivity contribution in [2.75, 3.05) is 0 Å². The second kappa shape index (κ2) is 7.40.